The minimum Gasteiger partial charge on any atom is -0.326 e. The molecule has 0 bridgehead atoms. The van der Waals surface area contributed by atoms with Crippen molar-refractivity contribution in [3.8, 4) is 0 Å². The Balaban J connectivity index is 2.20. The van der Waals surface area contributed by atoms with E-state index in [0.29, 0.717) is 11.3 Å². The van der Waals surface area contributed by atoms with Crippen molar-refractivity contribution in [3.63, 3.8) is 0 Å². The van der Waals surface area contributed by atoms with Gasteiger partial charge in [-0.15, -0.1) is 0 Å². The smallest absolute Gasteiger partial charge is 0.273 e. The third-order valence-electron chi connectivity index (χ3n) is 2.57. The fourth-order valence-corrected chi connectivity index (χ4v) is 1.57. The normalized spacial score (nSPS) is 10.4. The first-order chi connectivity index (χ1) is 8.61. The lowest BCUT2D eigenvalue weighted by molar-refractivity contribution is 0.101. The standard InChI is InChI=1S/C12H13FN4O/c1-17-11(4-5-15-17)12(18)16-10-3-2-8(7-14)6-9(10)13/h2-6H,7,14H2,1H3,(H,16,18). The van der Waals surface area contributed by atoms with E-state index in [0.717, 1.165) is 0 Å². The summed E-state index contributed by atoms with van der Waals surface area (Å²) in [5.74, 6) is -0.914. The van der Waals surface area contributed by atoms with Gasteiger partial charge in [-0.2, -0.15) is 5.10 Å². The molecular formula is C12H13FN4O. The lowest BCUT2D eigenvalue weighted by Crippen LogP contribution is -2.17. The average Bonchev–Trinajstić information content (AvgIpc) is 2.78. The van der Waals surface area contributed by atoms with E-state index in [1.54, 1.807) is 19.2 Å². The number of nitrogens with zero attached hydrogens (tertiary/aromatic N) is 2. The van der Waals surface area contributed by atoms with Crippen LogP contribution in [-0.2, 0) is 13.6 Å². The zero-order valence-electron chi connectivity index (χ0n) is 9.85. The molecule has 0 spiro atoms. The monoisotopic (exact) mass is 248 g/mol. The number of rotatable bonds is 3. The van der Waals surface area contributed by atoms with E-state index in [-0.39, 0.29) is 12.2 Å². The van der Waals surface area contributed by atoms with Crippen LogP contribution in [0.15, 0.2) is 30.5 Å². The number of amides is 1. The summed E-state index contributed by atoms with van der Waals surface area (Å²) >= 11 is 0. The molecule has 1 heterocycles. The van der Waals surface area contributed by atoms with Crippen molar-refractivity contribution < 1.29 is 9.18 Å². The molecule has 0 unspecified atom stereocenters. The Kier molecular flexibility index (Phi) is 3.38. The minimum absolute atomic E-state index is 0.124. The highest BCUT2D eigenvalue weighted by atomic mass is 19.1. The van der Waals surface area contributed by atoms with Crippen molar-refractivity contribution >= 4 is 11.6 Å². The zero-order valence-corrected chi connectivity index (χ0v) is 9.85. The van der Waals surface area contributed by atoms with E-state index in [1.807, 2.05) is 0 Å². The molecule has 1 aromatic heterocycles. The van der Waals surface area contributed by atoms with Crippen LogP contribution in [0.4, 0.5) is 10.1 Å². The van der Waals surface area contributed by atoms with Gasteiger partial charge in [0.1, 0.15) is 11.5 Å². The maximum absolute atomic E-state index is 13.6. The number of anilines is 1. The molecule has 0 saturated heterocycles. The molecule has 3 N–H and O–H groups in total. The molecule has 18 heavy (non-hydrogen) atoms. The van der Waals surface area contributed by atoms with Gasteiger partial charge < -0.3 is 11.1 Å². The van der Waals surface area contributed by atoms with Gasteiger partial charge in [-0.25, -0.2) is 4.39 Å². The molecule has 0 aliphatic rings. The second-order valence-electron chi connectivity index (χ2n) is 3.81. The van der Waals surface area contributed by atoms with Gasteiger partial charge in [0, 0.05) is 19.8 Å². The third kappa shape index (κ3) is 2.38. The van der Waals surface area contributed by atoms with Crippen LogP contribution in [0.1, 0.15) is 16.1 Å². The number of nitrogens with two attached hydrogens (primary N) is 1. The van der Waals surface area contributed by atoms with Crippen LogP contribution in [0.5, 0.6) is 0 Å². The Morgan fingerprint density at radius 3 is 2.83 bits per heavy atom. The molecule has 94 valence electrons. The van der Waals surface area contributed by atoms with Crippen LogP contribution in [-0.4, -0.2) is 15.7 Å². The Morgan fingerprint density at radius 2 is 2.28 bits per heavy atom. The molecular weight excluding hydrogens is 235 g/mol. The zero-order chi connectivity index (χ0) is 13.1. The van der Waals surface area contributed by atoms with Gasteiger partial charge >= 0.3 is 0 Å². The first-order valence-electron chi connectivity index (χ1n) is 5.39. The van der Waals surface area contributed by atoms with Gasteiger partial charge in [0.25, 0.3) is 5.91 Å². The number of aromatic nitrogens is 2. The maximum atomic E-state index is 13.6. The summed E-state index contributed by atoms with van der Waals surface area (Å²) in [6.45, 7) is 0.257. The summed E-state index contributed by atoms with van der Waals surface area (Å²) in [5.41, 5.74) is 6.56. The molecule has 0 atom stereocenters. The number of hydrogen-bond donors (Lipinski definition) is 2. The number of nitrogens with one attached hydrogen (secondary N) is 1. The van der Waals surface area contributed by atoms with Crippen LogP contribution in [0, 0.1) is 5.82 Å². The van der Waals surface area contributed by atoms with Crippen molar-refractivity contribution in [2.75, 3.05) is 5.32 Å². The maximum Gasteiger partial charge on any atom is 0.273 e. The molecule has 0 aliphatic heterocycles. The highest BCUT2D eigenvalue weighted by molar-refractivity contribution is 6.03. The van der Waals surface area contributed by atoms with E-state index in [2.05, 4.69) is 10.4 Å². The van der Waals surface area contributed by atoms with E-state index in [4.69, 9.17) is 5.73 Å². The van der Waals surface area contributed by atoms with E-state index in [9.17, 15) is 9.18 Å². The molecule has 2 aromatic rings. The number of hydrogen-bond acceptors (Lipinski definition) is 3. The summed E-state index contributed by atoms with van der Waals surface area (Å²) in [6.07, 6.45) is 1.50. The van der Waals surface area contributed by atoms with Crippen molar-refractivity contribution in [1.29, 1.82) is 0 Å². The highest BCUT2D eigenvalue weighted by Crippen LogP contribution is 2.16. The van der Waals surface area contributed by atoms with Gasteiger partial charge in [0.2, 0.25) is 0 Å². The Labute approximate surface area is 103 Å². The summed E-state index contributed by atoms with van der Waals surface area (Å²) < 4.78 is 15.1. The first kappa shape index (κ1) is 12.3. The number of aryl methyl sites for hydroxylation is 1. The molecule has 1 aromatic carbocycles. The molecule has 0 radical (unpaired) electrons. The van der Waals surface area contributed by atoms with Gasteiger partial charge in [0.15, 0.2) is 0 Å². The van der Waals surface area contributed by atoms with Crippen molar-refractivity contribution in [2.45, 2.75) is 6.54 Å². The SMILES string of the molecule is Cn1nccc1C(=O)Nc1ccc(CN)cc1F. The largest absolute Gasteiger partial charge is 0.326 e. The van der Waals surface area contributed by atoms with Crippen LogP contribution in [0.2, 0.25) is 0 Å². The van der Waals surface area contributed by atoms with Gasteiger partial charge in [-0.3, -0.25) is 9.48 Å². The molecule has 0 saturated carbocycles. The fraction of sp³-hybridized carbons (Fsp3) is 0.167. The summed E-state index contributed by atoms with van der Waals surface area (Å²) in [6, 6.07) is 6.02. The Morgan fingerprint density at radius 1 is 1.50 bits per heavy atom. The Hall–Kier alpha value is -2.21. The predicted molar refractivity (Wildman–Crippen MR) is 65.5 cm³/mol. The highest BCUT2D eigenvalue weighted by Gasteiger charge is 2.12. The molecule has 0 aliphatic carbocycles. The summed E-state index contributed by atoms with van der Waals surface area (Å²) in [4.78, 5) is 11.8. The second-order valence-corrected chi connectivity index (χ2v) is 3.81. The number of carbonyl (C=O) groups is 1. The van der Waals surface area contributed by atoms with Crippen LogP contribution < -0.4 is 11.1 Å². The molecule has 1 amide bonds. The average molecular weight is 248 g/mol. The van der Waals surface area contributed by atoms with Gasteiger partial charge in [0.05, 0.1) is 5.69 Å². The lowest BCUT2D eigenvalue weighted by atomic mass is 10.2. The minimum atomic E-state index is -0.506. The quantitative estimate of drug-likeness (QED) is 0.859. The molecule has 2 rings (SSSR count). The number of benzene rings is 1. The topological polar surface area (TPSA) is 72.9 Å². The fourth-order valence-electron chi connectivity index (χ4n) is 1.57. The van der Waals surface area contributed by atoms with Gasteiger partial charge in [-0.05, 0) is 23.8 Å². The third-order valence-corrected chi connectivity index (χ3v) is 2.57. The molecule has 6 heteroatoms. The Bertz CT molecular complexity index is 579. The molecule has 0 fully saturated rings. The lowest BCUT2D eigenvalue weighted by Gasteiger charge is -2.07. The summed E-state index contributed by atoms with van der Waals surface area (Å²) in [5, 5.41) is 6.36. The molecule has 5 nitrogen and oxygen atoms in total. The van der Waals surface area contributed by atoms with Crippen LogP contribution in [0.3, 0.4) is 0 Å². The van der Waals surface area contributed by atoms with E-state index >= 15 is 0 Å². The van der Waals surface area contributed by atoms with Crippen LogP contribution in [0.25, 0.3) is 0 Å². The van der Waals surface area contributed by atoms with Crippen molar-refractivity contribution in [2.24, 2.45) is 12.8 Å². The summed E-state index contributed by atoms with van der Waals surface area (Å²) in [7, 11) is 1.64. The van der Waals surface area contributed by atoms with Crippen molar-refractivity contribution in [1.82, 2.24) is 9.78 Å². The van der Waals surface area contributed by atoms with E-state index < -0.39 is 11.7 Å². The first-order valence-corrected chi connectivity index (χ1v) is 5.39. The second kappa shape index (κ2) is 4.97. The van der Waals surface area contributed by atoms with Crippen molar-refractivity contribution in [3.05, 3.63) is 47.5 Å². The number of carbonyl (C=O) groups excluding carboxylic acids is 1. The number of halogens is 1. The van der Waals surface area contributed by atoms with Crippen LogP contribution >= 0.6 is 0 Å². The van der Waals surface area contributed by atoms with Gasteiger partial charge in [-0.1, -0.05) is 6.07 Å². The van der Waals surface area contributed by atoms with E-state index in [1.165, 1.54) is 23.0 Å². The predicted octanol–water partition coefficient (Wildman–Crippen LogP) is 1.27.